The summed E-state index contributed by atoms with van der Waals surface area (Å²) < 4.78 is 14.5. The molecule has 8 heteroatoms. The SMILES string of the molecule is CCOC(=O)NC(=O)COC(=O)COc1ccc(Nc2ccccc2)cc1. The van der Waals surface area contributed by atoms with E-state index in [-0.39, 0.29) is 13.2 Å². The highest BCUT2D eigenvalue weighted by molar-refractivity contribution is 5.93. The Hall–Kier alpha value is -3.55. The third-order valence-corrected chi connectivity index (χ3v) is 3.15. The van der Waals surface area contributed by atoms with Crippen LogP contribution >= 0.6 is 0 Å². The summed E-state index contributed by atoms with van der Waals surface area (Å²) in [6.07, 6.45) is -0.890. The summed E-state index contributed by atoms with van der Waals surface area (Å²) in [6.45, 7) is 0.775. The van der Waals surface area contributed by atoms with Crippen molar-refractivity contribution >= 4 is 29.3 Å². The summed E-state index contributed by atoms with van der Waals surface area (Å²) in [5, 5.41) is 5.13. The molecule has 8 nitrogen and oxygen atoms in total. The first-order valence-electron chi connectivity index (χ1n) is 8.24. The molecule has 142 valence electrons. The van der Waals surface area contributed by atoms with E-state index in [1.54, 1.807) is 31.2 Å². The van der Waals surface area contributed by atoms with Crippen LogP contribution in [0.2, 0.25) is 0 Å². The van der Waals surface area contributed by atoms with Crippen LogP contribution in [0.1, 0.15) is 6.92 Å². The summed E-state index contributed by atoms with van der Waals surface area (Å²) in [5.41, 5.74) is 1.82. The van der Waals surface area contributed by atoms with Crippen LogP contribution in [0.15, 0.2) is 54.6 Å². The molecule has 0 saturated carbocycles. The average molecular weight is 372 g/mol. The van der Waals surface area contributed by atoms with Gasteiger partial charge in [-0.15, -0.1) is 0 Å². The van der Waals surface area contributed by atoms with Crippen LogP contribution in [-0.4, -0.2) is 37.8 Å². The van der Waals surface area contributed by atoms with Gasteiger partial charge in [-0.05, 0) is 43.3 Å². The van der Waals surface area contributed by atoms with E-state index in [9.17, 15) is 14.4 Å². The maximum absolute atomic E-state index is 11.6. The highest BCUT2D eigenvalue weighted by Crippen LogP contribution is 2.19. The monoisotopic (exact) mass is 372 g/mol. The Kier molecular flexibility index (Phi) is 7.65. The Morgan fingerprint density at radius 2 is 1.52 bits per heavy atom. The van der Waals surface area contributed by atoms with E-state index in [0.29, 0.717) is 5.75 Å². The fraction of sp³-hybridized carbons (Fsp3) is 0.211. The van der Waals surface area contributed by atoms with Gasteiger partial charge in [0.1, 0.15) is 5.75 Å². The van der Waals surface area contributed by atoms with Gasteiger partial charge in [-0.1, -0.05) is 18.2 Å². The molecule has 27 heavy (non-hydrogen) atoms. The molecule has 0 unspecified atom stereocenters. The van der Waals surface area contributed by atoms with Gasteiger partial charge < -0.3 is 19.5 Å². The first-order valence-corrected chi connectivity index (χ1v) is 8.24. The lowest BCUT2D eigenvalue weighted by atomic mass is 10.2. The molecule has 2 aromatic carbocycles. The van der Waals surface area contributed by atoms with Crippen LogP contribution in [0.4, 0.5) is 16.2 Å². The third-order valence-electron chi connectivity index (χ3n) is 3.15. The molecule has 0 aliphatic heterocycles. The van der Waals surface area contributed by atoms with Gasteiger partial charge in [0.2, 0.25) is 0 Å². The van der Waals surface area contributed by atoms with Crippen molar-refractivity contribution in [2.24, 2.45) is 0 Å². The van der Waals surface area contributed by atoms with E-state index >= 15 is 0 Å². The van der Waals surface area contributed by atoms with Crippen LogP contribution in [0.3, 0.4) is 0 Å². The second-order valence-corrected chi connectivity index (χ2v) is 5.23. The van der Waals surface area contributed by atoms with Gasteiger partial charge in [0.15, 0.2) is 13.2 Å². The topological polar surface area (TPSA) is 103 Å². The number of nitrogens with one attached hydrogen (secondary N) is 2. The largest absolute Gasteiger partial charge is 0.482 e. The van der Waals surface area contributed by atoms with Crippen molar-refractivity contribution in [3.05, 3.63) is 54.6 Å². The van der Waals surface area contributed by atoms with Gasteiger partial charge >= 0.3 is 12.1 Å². The number of benzene rings is 2. The molecule has 0 aliphatic carbocycles. The first kappa shape index (κ1) is 19.8. The predicted octanol–water partition coefficient (Wildman–Crippen LogP) is 2.62. The van der Waals surface area contributed by atoms with Crippen molar-refractivity contribution in [3.8, 4) is 5.75 Å². The minimum atomic E-state index is -0.890. The van der Waals surface area contributed by atoms with Crippen molar-refractivity contribution in [2.75, 3.05) is 25.1 Å². The minimum Gasteiger partial charge on any atom is -0.482 e. The van der Waals surface area contributed by atoms with E-state index in [2.05, 4.69) is 10.1 Å². The number of amides is 2. The predicted molar refractivity (Wildman–Crippen MR) is 97.8 cm³/mol. The fourth-order valence-corrected chi connectivity index (χ4v) is 1.97. The molecule has 0 aliphatic rings. The normalized spacial score (nSPS) is 9.81. The van der Waals surface area contributed by atoms with Gasteiger partial charge in [0.05, 0.1) is 6.61 Å². The molecule has 2 aromatic rings. The zero-order valence-electron chi connectivity index (χ0n) is 14.8. The van der Waals surface area contributed by atoms with Crippen LogP contribution in [0.5, 0.6) is 5.75 Å². The van der Waals surface area contributed by atoms with Crippen LogP contribution < -0.4 is 15.4 Å². The van der Waals surface area contributed by atoms with Crippen molar-refractivity contribution < 1.29 is 28.6 Å². The van der Waals surface area contributed by atoms with Crippen LogP contribution in [0, 0.1) is 0 Å². The molecule has 2 rings (SSSR count). The molecular weight excluding hydrogens is 352 g/mol. The van der Waals surface area contributed by atoms with Crippen molar-refractivity contribution in [1.82, 2.24) is 5.32 Å². The van der Waals surface area contributed by atoms with E-state index in [0.717, 1.165) is 11.4 Å². The molecule has 0 atom stereocenters. The number of esters is 1. The number of ether oxygens (including phenoxy) is 3. The van der Waals surface area contributed by atoms with Gasteiger partial charge in [-0.3, -0.25) is 10.1 Å². The molecule has 0 radical (unpaired) electrons. The minimum absolute atomic E-state index is 0.131. The quantitative estimate of drug-likeness (QED) is 0.687. The standard InChI is InChI=1S/C19H20N2O6/c1-2-25-19(24)21-17(22)12-27-18(23)13-26-16-10-8-15(9-11-16)20-14-6-4-3-5-7-14/h3-11,20H,2,12-13H2,1H3,(H,21,22,24). The highest BCUT2D eigenvalue weighted by Gasteiger charge is 2.11. The first-order chi connectivity index (χ1) is 13.1. The van der Waals surface area contributed by atoms with E-state index in [1.165, 1.54) is 0 Å². The number of para-hydroxylation sites is 1. The molecule has 0 saturated heterocycles. The lowest BCUT2D eigenvalue weighted by Crippen LogP contribution is -2.35. The zero-order chi connectivity index (χ0) is 19.5. The van der Waals surface area contributed by atoms with Crippen LogP contribution in [0.25, 0.3) is 0 Å². The van der Waals surface area contributed by atoms with Crippen molar-refractivity contribution in [2.45, 2.75) is 6.92 Å². The molecule has 0 fully saturated rings. The fourth-order valence-electron chi connectivity index (χ4n) is 1.97. The Balaban J connectivity index is 1.70. The molecule has 2 amide bonds. The maximum Gasteiger partial charge on any atom is 0.413 e. The van der Waals surface area contributed by atoms with Crippen LogP contribution in [-0.2, 0) is 19.1 Å². The van der Waals surface area contributed by atoms with Crippen molar-refractivity contribution in [3.63, 3.8) is 0 Å². The lowest BCUT2D eigenvalue weighted by molar-refractivity contribution is -0.150. The second-order valence-electron chi connectivity index (χ2n) is 5.23. The highest BCUT2D eigenvalue weighted by atomic mass is 16.6. The molecule has 0 spiro atoms. The summed E-state index contributed by atoms with van der Waals surface area (Å²) in [5.74, 6) is -1.04. The average Bonchev–Trinajstić information content (AvgIpc) is 2.67. The molecule has 2 N–H and O–H groups in total. The summed E-state index contributed by atoms with van der Waals surface area (Å²) in [6, 6.07) is 16.7. The molecule has 0 bridgehead atoms. The summed E-state index contributed by atoms with van der Waals surface area (Å²) in [4.78, 5) is 34.0. The molecular formula is C19H20N2O6. The third kappa shape index (κ3) is 7.47. The number of carbonyl (C=O) groups excluding carboxylic acids is 3. The van der Waals surface area contributed by atoms with E-state index < -0.39 is 24.6 Å². The number of hydrogen-bond donors (Lipinski definition) is 2. The number of hydrogen-bond acceptors (Lipinski definition) is 7. The second kappa shape index (κ2) is 10.4. The van der Waals surface area contributed by atoms with Gasteiger partial charge in [-0.25, -0.2) is 9.59 Å². The van der Waals surface area contributed by atoms with E-state index in [4.69, 9.17) is 9.47 Å². The van der Waals surface area contributed by atoms with E-state index in [1.807, 2.05) is 35.6 Å². The number of alkyl carbamates (subject to hydrolysis) is 1. The number of carbonyl (C=O) groups is 3. The number of rotatable bonds is 8. The Morgan fingerprint density at radius 3 is 2.19 bits per heavy atom. The lowest BCUT2D eigenvalue weighted by Gasteiger charge is -2.09. The number of anilines is 2. The van der Waals surface area contributed by atoms with Crippen molar-refractivity contribution in [1.29, 1.82) is 0 Å². The summed E-state index contributed by atoms with van der Waals surface area (Å²) >= 11 is 0. The van der Waals surface area contributed by atoms with Gasteiger partial charge in [-0.2, -0.15) is 0 Å². The van der Waals surface area contributed by atoms with Gasteiger partial charge in [0.25, 0.3) is 5.91 Å². The smallest absolute Gasteiger partial charge is 0.413 e. The number of imide groups is 1. The Labute approximate surface area is 156 Å². The Bertz CT molecular complexity index is 762. The Morgan fingerprint density at radius 1 is 0.852 bits per heavy atom. The molecule has 0 aromatic heterocycles. The zero-order valence-corrected chi connectivity index (χ0v) is 14.8. The summed E-state index contributed by atoms with van der Waals surface area (Å²) in [7, 11) is 0. The van der Waals surface area contributed by atoms with Gasteiger partial charge in [0, 0.05) is 11.4 Å². The maximum atomic E-state index is 11.6. The molecule has 0 heterocycles.